The zero-order valence-corrected chi connectivity index (χ0v) is 7.29. The standard InChI is InChI=1S/C8H20N2O/c1-7(6-9)2-3-8(10)4-5-11/h7-8,11H,2-6,9-10H2,1H3. The number of rotatable bonds is 6. The van der Waals surface area contributed by atoms with Gasteiger partial charge in [-0.15, -0.1) is 0 Å². The molecule has 0 bridgehead atoms. The number of aliphatic hydroxyl groups is 1. The van der Waals surface area contributed by atoms with Gasteiger partial charge in [0.25, 0.3) is 0 Å². The van der Waals surface area contributed by atoms with E-state index in [1.54, 1.807) is 0 Å². The summed E-state index contributed by atoms with van der Waals surface area (Å²) in [5.41, 5.74) is 11.1. The van der Waals surface area contributed by atoms with Crippen molar-refractivity contribution in [2.45, 2.75) is 32.2 Å². The van der Waals surface area contributed by atoms with Gasteiger partial charge < -0.3 is 16.6 Å². The van der Waals surface area contributed by atoms with Crippen molar-refractivity contribution in [1.82, 2.24) is 0 Å². The van der Waals surface area contributed by atoms with Crippen LogP contribution in [0.5, 0.6) is 0 Å². The van der Waals surface area contributed by atoms with Crippen molar-refractivity contribution < 1.29 is 5.11 Å². The second-order valence-corrected chi connectivity index (χ2v) is 3.19. The van der Waals surface area contributed by atoms with Crippen LogP contribution in [0, 0.1) is 5.92 Å². The van der Waals surface area contributed by atoms with E-state index in [4.69, 9.17) is 16.6 Å². The van der Waals surface area contributed by atoms with Gasteiger partial charge >= 0.3 is 0 Å². The first-order valence-electron chi connectivity index (χ1n) is 4.27. The smallest absolute Gasteiger partial charge is 0.0445 e. The summed E-state index contributed by atoms with van der Waals surface area (Å²) in [6, 6.07) is 0.147. The Morgan fingerprint density at radius 2 is 1.91 bits per heavy atom. The first-order valence-corrected chi connectivity index (χ1v) is 4.27. The molecule has 0 aromatic rings. The molecule has 0 radical (unpaired) electrons. The Morgan fingerprint density at radius 3 is 2.36 bits per heavy atom. The second kappa shape index (κ2) is 6.58. The van der Waals surface area contributed by atoms with E-state index in [0.717, 1.165) is 19.4 Å². The lowest BCUT2D eigenvalue weighted by Crippen LogP contribution is -2.23. The third-order valence-corrected chi connectivity index (χ3v) is 1.93. The van der Waals surface area contributed by atoms with Crippen LogP contribution in [0.15, 0.2) is 0 Å². The Kier molecular flexibility index (Phi) is 6.51. The summed E-state index contributed by atoms with van der Waals surface area (Å²) < 4.78 is 0. The van der Waals surface area contributed by atoms with E-state index in [2.05, 4.69) is 6.92 Å². The molecule has 0 aliphatic heterocycles. The third kappa shape index (κ3) is 6.28. The molecule has 68 valence electrons. The molecular formula is C8H20N2O. The average molecular weight is 160 g/mol. The molecule has 0 saturated heterocycles. The molecule has 0 rings (SSSR count). The zero-order valence-electron chi connectivity index (χ0n) is 7.29. The number of hydrogen-bond donors (Lipinski definition) is 3. The van der Waals surface area contributed by atoms with Gasteiger partial charge in [-0.25, -0.2) is 0 Å². The van der Waals surface area contributed by atoms with Crippen molar-refractivity contribution in [1.29, 1.82) is 0 Å². The predicted octanol–water partition coefficient (Wildman–Crippen LogP) is 0.0711. The van der Waals surface area contributed by atoms with E-state index >= 15 is 0 Å². The lowest BCUT2D eigenvalue weighted by Gasteiger charge is -2.12. The maximum absolute atomic E-state index is 8.55. The molecule has 0 aromatic heterocycles. The van der Waals surface area contributed by atoms with E-state index in [1.165, 1.54) is 0 Å². The van der Waals surface area contributed by atoms with Crippen LogP contribution in [0.1, 0.15) is 26.2 Å². The summed E-state index contributed by atoms with van der Waals surface area (Å²) >= 11 is 0. The number of aliphatic hydroxyl groups excluding tert-OH is 1. The fourth-order valence-corrected chi connectivity index (χ4v) is 0.927. The molecule has 2 atom stereocenters. The van der Waals surface area contributed by atoms with Crippen LogP contribution in [0.4, 0.5) is 0 Å². The molecule has 0 amide bonds. The van der Waals surface area contributed by atoms with E-state index in [0.29, 0.717) is 12.3 Å². The van der Waals surface area contributed by atoms with E-state index in [-0.39, 0.29) is 12.6 Å². The lowest BCUT2D eigenvalue weighted by molar-refractivity contribution is 0.270. The topological polar surface area (TPSA) is 72.3 Å². The summed E-state index contributed by atoms with van der Waals surface area (Å²) in [6.07, 6.45) is 2.74. The minimum absolute atomic E-state index is 0.147. The fourth-order valence-electron chi connectivity index (χ4n) is 0.927. The minimum Gasteiger partial charge on any atom is -0.396 e. The molecule has 0 saturated carbocycles. The van der Waals surface area contributed by atoms with Crippen molar-refractivity contribution in [2.75, 3.05) is 13.2 Å². The van der Waals surface area contributed by atoms with Gasteiger partial charge in [-0.2, -0.15) is 0 Å². The molecule has 0 aliphatic carbocycles. The highest BCUT2D eigenvalue weighted by molar-refractivity contribution is 4.63. The molecular weight excluding hydrogens is 140 g/mol. The second-order valence-electron chi connectivity index (χ2n) is 3.19. The largest absolute Gasteiger partial charge is 0.396 e. The first-order chi connectivity index (χ1) is 5.20. The molecule has 0 heterocycles. The molecule has 3 heteroatoms. The van der Waals surface area contributed by atoms with Gasteiger partial charge in [0, 0.05) is 12.6 Å². The Bertz CT molecular complexity index is 88.2. The van der Waals surface area contributed by atoms with Gasteiger partial charge in [0.2, 0.25) is 0 Å². The normalized spacial score (nSPS) is 16.4. The van der Waals surface area contributed by atoms with Crippen LogP contribution in [-0.2, 0) is 0 Å². The van der Waals surface area contributed by atoms with Gasteiger partial charge in [-0.1, -0.05) is 6.92 Å². The summed E-state index contributed by atoms with van der Waals surface area (Å²) in [7, 11) is 0. The van der Waals surface area contributed by atoms with Crippen molar-refractivity contribution in [2.24, 2.45) is 17.4 Å². The molecule has 0 fully saturated rings. The molecule has 3 nitrogen and oxygen atoms in total. The molecule has 5 N–H and O–H groups in total. The van der Waals surface area contributed by atoms with Crippen molar-refractivity contribution in [3.05, 3.63) is 0 Å². The monoisotopic (exact) mass is 160 g/mol. The maximum Gasteiger partial charge on any atom is 0.0445 e. The SMILES string of the molecule is CC(CN)CCC(N)CCO. The Balaban J connectivity index is 3.22. The van der Waals surface area contributed by atoms with Gasteiger partial charge in [0.1, 0.15) is 0 Å². The van der Waals surface area contributed by atoms with Crippen LogP contribution in [0.3, 0.4) is 0 Å². The van der Waals surface area contributed by atoms with Crippen molar-refractivity contribution in [3.63, 3.8) is 0 Å². The highest BCUT2D eigenvalue weighted by atomic mass is 16.3. The molecule has 0 aromatic carbocycles. The Hall–Kier alpha value is -0.120. The highest BCUT2D eigenvalue weighted by Gasteiger charge is 2.04. The van der Waals surface area contributed by atoms with E-state index in [9.17, 15) is 0 Å². The summed E-state index contributed by atoms with van der Waals surface area (Å²) in [5.74, 6) is 0.555. The summed E-state index contributed by atoms with van der Waals surface area (Å²) in [4.78, 5) is 0. The summed E-state index contributed by atoms with van der Waals surface area (Å²) in [6.45, 7) is 3.04. The first kappa shape index (κ1) is 10.9. The molecule has 0 spiro atoms. The minimum atomic E-state index is 0.147. The predicted molar refractivity (Wildman–Crippen MR) is 47.1 cm³/mol. The summed E-state index contributed by atoms with van der Waals surface area (Å²) in [5, 5.41) is 8.55. The quantitative estimate of drug-likeness (QED) is 0.515. The van der Waals surface area contributed by atoms with Gasteiger partial charge in [0.05, 0.1) is 0 Å². The molecule has 11 heavy (non-hydrogen) atoms. The Labute approximate surface area is 68.8 Å². The van der Waals surface area contributed by atoms with Crippen LogP contribution >= 0.6 is 0 Å². The average Bonchev–Trinajstić information content (AvgIpc) is 2.01. The zero-order chi connectivity index (χ0) is 8.69. The maximum atomic E-state index is 8.55. The van der Waals surface area contributed by atoms with Crippen LogP contribution in [0.25, 0.3) is 0 Å². The van der Waals surface area contributed by atoms with Crippen LogP contribution in [0.2, 0.25) is 0 Å². The van der Waals surface area contributed by atoms with E-state index < -0.39 is 0 Å². The fraction of sp³-hybridized carbons (Fsp3) is 1.00. The molecule has 2 unspecified atom stereocenters. The van der Waals surface area contributed by atoms with Crippen molar-refractivity contribution >= 4 is 0 Å². The number of nitrogens with two attached hydrogens (primary N) is 2. The number of hydrogen-bond acceptors (Lipinski definition) is 3. The van der Waals surface area contributed by atoms with Crippen LogP contribution in [-0.4, -0.2) is 24.3 Å². The van der Waals surface area contributed by atoms with E-state index in [1.807, 2.05) is 0 Å². The van der Waals surface area contributed by atoms with Crippen molar-refractivity contribution in [3.8, 4) is 0 Å². The highest BCUT2D eigenvalue weighted by Crippen LogP contribution is 2.06. The Morgan fingerprint density at radius 1 is 1.27 bits per heavy atom. The van der Waals surface area contributed by atoms with Gasteiger partial charge in [-0.3, -0.25) is 0 Å². The molecule has 0 aliphatic rings. The van der Waals surface area contributed by atoms with Crippen LogP contribution < -0.4 is 11.5 Å². The third-order valence-electron chi connectivity index (χ3n) is 1.93. The van der Waals surface area contributed by atoms with Gasteiger partial charge in [-0.05, 0) is 31.7 Å². The van der Waals surface area contributed by atoms with Gasteiger partial charge in [0.15, 0.2) is 0 Å². The lowest BCUT2D eigenvalue weighted by atomic mass is 10.0.